The van der Waals surface area contributed by atoms with Crippen molar-refractivity contribution in [1.82, 2.24) is 4.98 Å². The zero-order chi connectivity index (χ0) is 20.5. The Balaban J connectivity index is 1.95. The second kappa shape index (κ2) is 10.3. The van der Waals surface area contributed by atoms with Gasteiger partial charge in [0.05, 0.1) is 19.4 Å². The van der Waals surface area contributed by atoms with E-state index in [2.05, 4.69) is 10.3 Å². The van der Waals surface area contributed by atoms with E-state index in [9.17, 15) is 9.59 Å². The van der Waals surface area contributed by atoms with Gasteiger partial charge in [0.1, 0.15) is 0 Å². The summed E-state index contributed by atoms with van der Waals surface area (Å²) in [6.07, 6.45) is 3.28. The van der Waals surface area contributed by atoms with Gasteiger partial charge in [0.25, 0.3) is 5.91 Å². The fourth-order valence-corrected chi connectivity index (χ4v) is 2.37. The maximum absolute atomic E-state index is 12.1. The van der Waals surface area contributed by atoms with Gasteiger partial charge in [-0.25, -0.2) is 9.78 Å². The Morgan fingerprint density at radius 3 is 2.75 bits per heavy atom. The molecule has 0 aliphatic heterocycles. The fourth-order valence-electron chi connectivity index (χ4n) is 2.21. The summed E-state index contributed by atoms with van der Waals surface area (Å²) in [5.74, 6) is -0.00489. The number of carbonyl (C=O) groups is 2. The molecule has 0 unspecified atom stereocenters. The van der Waals surface area contributed by atoms with Crippen molar-refractivity contribution in [2.45, 2.75) is 20.0 Å². The molecule has 0 aliphatic carbocycles. The van der Waals surface area contributed by atoms with E-state index >= 15 is 0 Å². The Morgan fingerprint density at radius 1 is 1.29 bits per heavy atom. The van der Waals surface area contributed by atoms with Gasteiger partial charge in [0.2, 0.25) is 0 Å². The summed E-state index contributed by atoms with van der Waals surface area (Å²) in [6.45, 7) is 3.86. The maximum atomic E-state index is 12.1. The number of esters is 1. The summed E-state index contributed by atoms with van der Waals surface area (Å²) in [6, 6.07) is 8.49. The number of aromatic nitrogens is 1. The zero-order valence-corrected chi connectivity index (χ0v) is 16.5. The summed E-state index contributed by atoms with van der Waals surface area (Å²) in [4.78, 5) is 28.0. The van der Waals surface area contributed by atoms with Gasteiger partial charge in [-0.05, 0) is 49.8 Å². The number of pyridine rings is 1. The molecule has 0 aliphatic rings. The van der Waals surface area contributed by atoms with E-state index in [0.717, 1.165) is 5.56 Å². The minimum absolute atomic E-state index is 0.152. The second-order valence-corrected chi connectivity index (χ2v) is 5.94. The highest BCUT2D eigenvalue weighted by Gasteiger charge is 2.17. The van der Waals surface area contributed by atoms with Crippen molar-refractivity contribution in [1.29, 1.82) is 0 Å². The monoisotopic (exact) mass is 404 g/mol. The van der Waals surface area contributed by atoms with E-state index in [1.165, 1.54) is 26.3 Å². The van der Waals surface area contributed by atoms with Crippen LogP contribution in [0.5, 0.6) is 11.5 Å². The second-order valence-electron chi connectivity index (χ2n) is 5.59. The van der Waals surface area contributed by atoms with Gasteiger partial charge in [-0.3, -0.25) is 4.79 Å². The Morgan fingerprint density at radius 2 is 2.07 bits per heavy atom. The molecule has 0 saturated heterocycles. The van der Waals surface area contributed by atoms with Crippen molar-refractivity contribution < 1.29 is 23.8 Å². The molecule has 0 bridgehead atoms. The van der Waals surface area contributed by atoms with Gasteiger partial charge >= 0.3 is 5.97 Å². The first-order valence-electron chi connectivity index (χ1n) is 8.55. The van der Waals surface area contributed by atoms with E-state index in [1.807, 2.05) is 6.92 Å². The molecule has 0 spiro atoms. The van der Waals surface area contributed by atoms with Crippen molar-refractivity contribution in [3.8, 4) is 11.5 Å². The standard InChI is InChI=1S/C20H21ClN2O5/c1-4-27-16-9-7-14(12-17(16)26-3)8-10-18(24)28-13(2)20(25)23-15-6-5-11-22-19(15)21/h5-13H,4H2,1-3H3,(H,23,25)/b10-8+/t13-/m0/s1. The van der Waals surface area contributed by atoms with Crippen molar-refractivity contribution in [3.05, 3.63) is 53.3 Å². The molecule has 1 amide bonds. The number of hydrogen-bond donors (Lipinski definition) is 1. The predicted octanol–water partition coefficient (Wildman–Crippen LogP) is 3.73. The first kappa shape index (κ1) is 21.2. The summed E-state index contributed by atoms with van der Waals surface area (Å²) < 4.78 is 15.8. The lowest BCUT2D eigenvalue weighted by atomic mass is 10.2. The van der Waals surface area contributed by atoms with E-state index in [4.69, 9.17) is 25.8 Å². The normalized spacial score (nSPS) is 11.7. The van der Waals surface area contributed by atoms with Gasteiger partial charge in [0, 0.05) is 12.3 Å². The third kappa shape index (κ3) is 5.99. The van der Waals surface area contributed by atoms with E-state index in [0.29, 0.717) is 23.8 Å². The number of anilines is 1. The van der Waals surface area contributed by atoms with Crippen LogP contribution in [0.25, 0.3) is 6.08 Å². The number of amides is 1. The number of nitrogens with one attached hydrogen (secondary N) is 1. The Kier molecular flexibility index (Phi) is 7.83. The lowest BCUT2D eigenvalue weighted by molar-refractivity contribution is -0.148. The smallest absolute Gasteiger partial charge is 0.331 e. The van der Waals surface area contributed by atoms with E-state index in [-0.39, 0.29) is 5.15 Å². The minimum atomic E-state index is -1.01. The number of ether oxygens (including phenoxy) is 3. The van der Waals surface area contributed by atoms with Crippen molar-refractivity contribution >= 4 is 35.2 Å². The molecule has 0 saturated carbocycles. The zero-order valence-electron chi connectivity index (χ0n) is 15.8. The lowest BCUT2D eigenvalue weighted by Crippen LogP contribution is -2.29. The molecule has 7 nitrogen and oxygen atoms in total. The highest BCUT2D eigenvalue weighted by atomic mass is 35.5. The van der Waals surface area contributed by atoms with Gasteiger partial charge < -0.3 is 19.5 Å². The molecule has 1 atom stereocenters. The van der Waals surface area contributed by atoms with Crippen LogP contribution in [0.1, 0.15) is 19.4 Å². The van der Waals surface area contributed by atoms with Crippen LogP contribution < -0.4 is 14.8 Å². The van der Waals surface area contributed by atoms with Crippen LogP contribution >= 0.6 is 11.6 Å². The highest BCUT2D eigenvalue weighted by Crippen LogP contribution is 2.28. The Labute approximate surface area is 168 Å². The highest BCUT2D eigenvalue weighted by molar-refractivity contribution is 6.32. The molecule has 1 aromatic heterocycles. The van der Waals surface area contributed by atoms with Gasteiger partial charge in [0.15, 0.2) is 22.8 Å². The summed E-state index contributed by atoms with van der Waals surface area (Å²) in [7, 11) is 1.54. The summed E-state index contributed by atoms with van der Waals surface area (Å²) >= 11 is 5.89. The Hall–Kier alpha value is -3.06. The maximum Gasteiger partial charge on any atom is 0.331 e. The molecule has 2 aromatic rings. The van der Waals surface area contributed by atoms with Crippen LogP contribution in [0.4, 0.5) is 5.69 Å². The van der Waals surface area contributed by atoms with Crippen LogP contribution in [0.2, 0.25) is 5.15 Å². The van der Waals surface area contributed by atoms with Crippen LogP contribution in [0.3, 0.4) is 0 Å². The van der Waals surface area contributed by atoms with Crippen molar-refractivity contribution in [3.63, 3.8) is 0 Å². The molecule has 28 heavy (non-hydrogen) atoms. The number of hydrogen-bond acceptors (Lipinski definition) is 6. The molecule has 1 heterocycles. The number of nitrogens with zero attached hydrogens (tertiary/aromatic N) is 1. The van der Waals surface area contributed by atoms with Gasteiger partial charge in [-0.2, -0.15) is 0 Å². The Bertz CT molecular complexity index is 869. The molecule has 0 radical (unpaired) electrons. The van der Waals surface area contributed by atoms with Crippen LogP contribution in [0.15, 0.2) is 42.6 Å². The molecule has 0 fully saturated rings. The van der Waals surface area contributed by atoms with E-state index in [1.54, 1.807) is 36.4 Å². The number of methoxy groups -OCH3 is 1. The third-order valence-electron chi connectivity index (χ3n) is 3.58. The largest absolute Gasteiger partial charge is 0.493 e. The third-order valence-corrected chi connectivity index (χ3v) is 3.88. The number of carbonyl (C=O) groups excluding carboxylic acids is 2. The van der Waals surface area contributed by atoms with Crippen LogP contribution in [0, 0.1) is 0 Å². The molecule has 1 N–H and O–H groups in total. The average Bonchev–Trinajstić information content (AvgIpc) is 2.69. The average molecular weight is 405 g/mol. The molecule has 8 heteroatoms. The topological polar surface area (TPSA) is 86.8 Å². The first-order chi connectivity index (χ1) is 13.4. The predicted molar refractivity (Wildman–Crippen MR) is 107 cm³/mol. The SMILES string of the molecule is CCOc1ccc(/C=C/C(=O)O[C@@H](C)C(=O)Nc2cccnc2Cl)cc1OC. The molecule has 1 aromatic carbocycles. The summed E-state index contributed by atoms with van der Waals surface area (Å²) in [5.41, 5.74) is 1.06. The minimum Gasteiger partial charge on any atom is -0.493 e. The molecule has 2 rings (SSSR count). The van der Waals surface area contributed by atoms with Crippen molar-refractivity contribution in [2.24, 2.45) is 0 Å². The van der Waals surface area contributed by atoms with Crippen LogP contribution in [-0.4, -0.2) is 36.7 Å². The van der Waals surface area contributed by atoms with Crippen molar-refractivity contribution in [2.75, 3.05) is 19.0 Å². The van der Waals surface area contributed by atoms with E-state index < -0.39 is 18.0 Å². The van der Waals surface area contributed by atoms with Crippen LogP contribution in [-0.2, 0) is 14.3 Å². The summed E-state index contributed by atoms with van der Waals surface area (Å²) in [5, 5.41) is 2.71. The number of rotatable bonds is 8. The molecule has 148 valence electrons. The lowest BCUT2D eigenvalue weighted by Gasteiger charge is -2.12. The first-order valence-corrected chi connectivity index (χ1v) is 8.93. The van der Waals surface area contributed by atoms with Gasteiger partial charge in [-0.1, -0.05) is 17.7 Å². The fraction of sp³-hybridized carbons (Fsp3) is 0.250. The quantitative estimate of drug-likeness (QED) is 0.410. The van der Waals surface area contributed by atoms with Gasteiger partial charge in [-0.15, -0.1) is 0 Å². The number of benzene rings is 1. The molecular weight excluding hydrogens is 384 g/mol. The molecular formula is C20H21ClN2O5. The number of halogens is 1.